The van der Waals surface area contributed by atoms with Gasteiger partial charge in [0.2, 0.25) is 0 Å². The first kappa shape index (κ1) is 22.3. The molecule has 0 N–H and O–H groups in total. The SMILES string of the molecule is CCCCCCCCc1ccc(CCc2ccc(-c3ccc(CC)cn3)cc2)cc1. The van der Waals surface area contributed by atoms with Gasteiger partial charge >= 0.3 is 0 Å². The molecule has 0 atom stereocenters. The second-order valence-electron chi connectivity index (χ2n) is 8.44. The number of nitrogens with zero attached hydrogens (tertiary/aromatic N) is 1. The van der Waals surface area contributed by atoms with Gasteiger partial charge in [-0.15, -0.1) is 0 Å². The van der Waals surface area contributed by atoms with Crippen LogP contribution in [0.1, 0.15) is 74.6 Å². The van der Waals surface area contributed by atoms with Crippen LogP contribution in [0.25, 0.3) is 11.3 Å². The van der Waals surface area contributed by atoms with E-state index in [9.17, 15) is 0 Å². The predicted octanol–water partition coefficient (Wildman–Crippen LogP) is 8.00. The second kappa shape index (κ2) is 12.3. The first-order valence-electron chi connectivity index (χ1n) is 11.9. The summed E-state index contributed by atoms with van der Waals surface area (Å²) in [7, 11) is 0. The van der Waals surface area contributed by atoms with Crippen molar-refractivity contribution in [1.29, 1.82) is 0 Å². The van der Waals surface area contributed by atoms with Crippen LogP contribution in [0.5, 0.6) is 0 Å². The van der Waals surface area contributed by atoms with Gasteiger partial charge in [0.25, 0.3) is 0 Å². The summed E-state index contributed by atoms with van der Waals surface area (Å²) in [6.07, 6.45) is 14.6. The molecule has 2 aromatic carbocycles. The molecular weight excluding hydrogens is 362 g/mol. The van der Waals surface area contributed by atoms with Crippen molar-refractivity contribution in [3.63, 3.8) is 0 Å². The van der Waals surface area contributed by atoms with Gasteiger partial charge in [0.05, 0.1) is 5.69 Å². The standard InChI is InChI=1S/C29H37N/c1-3-5-6-7-8-9-10-25-11-13-26(14-12-25)15-16-27-17-20-28(21-18-27)29-22-19-24(4-2)23-30-29/h11-14,17-23H,3-10,15-16H2,1-2H3. The van der Waals surface area contributed by atoms with E-state index in [2.05, 4.69) is 79.5 Å². The molecule has 1 nitrogen and oxygen atoms in total. The minimum absolute atomic E-state index is 1.03. The summed E-state index contributed by atoms with van der Waals surface area (Å²) >= 11 is 0. The third-order valence-electron chi connectivity index (χ3n) is 6.03. The highest BCUT2D eigenvalue weighted by Gasteiger charge is 2.02. The lowest BCUT2D eigenvalue weighted by Crippen LogP contribution is -1.93. The number of benzene rings is 2. The van der Waals surface area contributed by atoms with Crippen LogP contribution in [0, 0.1) is 0 Å². The van der Waals surface area contributed by atoms with Crippen molar-refractivity contribution in [3.8, 4) is 11.3 Å². The van der Waals surface area contributed by atoms with E-state index in [-0.39, 0.29) is 0 Å². The lowest BCUT2D eigenvalue weighted by molar-refractivity contribution is 0.607. The summed E-state index contributed by atoms with van der Waals surface area (Å²) in [6.45, 7) is 4.44. The normalized spacial score (nSPS) is 11.0. The fourth-order valence-corrected chi connectivity index (χ4v) is 3.92. The fraction of sp³-hybridized carbons (Fsp3) is 0.414. The molecule has 158 valence electrons. The molecule has 0 aliphatic heterocycles. The molecule has 0 radical (unpaired) electrons. The van der Waals surface area contributed by atoms with Crippen molar-refractivity contribution in [2.75, 3.05) is 0 Å². The summed E-state index contributed by atoms with van der Waals surface area (Å²) in [5.41, 5.74) is 7.84. The largest absolute Gasteiger partial charge is 0.256 e. The Kier molecular flexibility index (Phi) is 9.15. The molecule has 0 saturated heterocycles. The van der Waals surface area contributed by atoms with E-state index in [0.717, 1.165) is 25.0 Å². The monoisotopic (exact) mass is 399 g/mol. The number of aromatic nitrogens is 1. The molecule has 0 unspecified atom stereocenters. The van der Waals surface area contributed by atoms with Crippen molar-refractivity contribution in [2.45, 2.75) is 78.1 Å². The summed E-state index contributed by atoms with van der Waals surface area (Å²) < 4.78 is 0. The molecule has 1 aromatic heterocycles. The number of hydrogen-bond acceptors (Lipinski definition) is 1. The Hall–Kier alpha value is -2.41. The fourth-order valence-electron chi connectivity index (χ4n) is 3.92. The first-order chi connectivity index (χ1) is 14.8. The molecule has 0 aliphatic carbocycles. The van der Waals surface area contributed by atoms with Crippen molar-refractivity contribution in [2.24, 2.45) is 0 Å². The van der Waals surface area contributed by atoms with E-state index in [0.29, 0.717) is 0 Å². The van der Waals surface area contributed by atoms with Crippen LogP contribution in [-0.2, 0) is 25.7 Å². The lowest BCUT2D eigenvalue weighted by atomic mass is 10.00. The van der Waals surface area contributed by atoms with Crippen molar-refractivity contribution >= 4 is 0 Å². The van der Waals surface area contributed by atoms with Crippen LogP contribution in [0.3, 0.4) is 0 Å². The van der Waals surface area contributed by atoms with E-state index in [1.54, 1.807) is 0 Å². The van der Waals surface area contributed by atoms with E-state index in [4.69, 9.17) is 0 Å². The van der Waals surface area contributed by atoms with Gasteiger partial charge in [-0.3, -0.25) is 4.98 Å². The van der Waals surface area contributed by atoms with Gasteiger partial charge in [0.15, 0.2) is 0 Å². The predicted molar refractivity (Wildman–Crippen MR) is 130 cm³/mol. The zero-order chi connectivity index (χ0) is 21.0. The minimum Gasteiger partial charge on any atom is -0.256 e. The molecule has 3 aromatic rings. The Labute approximate surface area is 183 Å². The van der Waals surface area contributed by atoms with E-state index in [1.165, 1.54) is 72.8 Å². The van der Waals surface area contributed by atoms with Crippen molar-refractivity contribution in [3.05, 3.63) is 89.1 Å². The maximum Gasteiger partial charge on any atom is 0.0702 e. The maximum absolute atomic E-state index is 4.59. The number of pyridine rings is 1. The molecule has 1 heteroatoms. The third-order valence-corrected chi connectivity index (χ3v) is 6.03. The molecule has 0 aliphatic rings. The van der Waals surface area contributed by atoms with E-state index in [1.807, 2.05) is 6.20 Å². The average Bonchev–Trinajstić information content (AvgIpc) is 2.81. The molecule has 0 fully saturated rings. The van der Waals surface area contributed by atoms with Gasteiger partial charge in [-0.05, 0) is 60.4 Å². The van der Waals surface area contributed by atoms with Crippen LogP contribution < -0.4 is 0 Å². The number of rotatable bonds is 12. The van der Waals surface area contributed by atoms with Gasteiger partial charge in [-0.2, -0.15) is 0 Å². The molecule has 30 heavy (non-hydrogen) atoms. The highest BCUT2D eigenvalue weighted by Crippen LogP contribution is 2.19. The van der Waals surface area contributed by atoms with Gasteiger partial charge in [-0.1, -0.05) is 101 Å². The Morgan fingerprint density at radius 2 is 1.07 bits per heavy atom. The van der Waals surface area contributed by atoms with Gasteiger partial charge in [0.1, 0.15) is 0 Å². The molecule has 0 spiro atoms. The maximum atomic E-state index is 4.59. The van der Waals surface area contributed by atoms with Crippen LogP contribution in [0.2, 0.25) is 0 Å². The highest BCUT2D eigenvalue weighted by atomic mass is 14.7. The zero-order valence-corrected chi connectivity index (χ0v) is 18.9. The first-order valence-corrected chi connectivity index (χ1v) is 11.9. The molecule has 0 saturated carbocycles. The molecule has 3 rings (SSSR count). The van der Waals surface area contributed by atoms with Crippen molar-refractivity contribution < 1.29 is 0 Å². The van der Waals surface area contributed by atoms with Gasteiger partial charge < -0.3 is 0 Å². The van der Waals surface area contributed by atoms with Crippen LogP contribution in [0.4, 0.5) is 0 Å². The van der Waals surface area contributed by atoms with E-state index < -0.39 is 0 Å². The topological polar surface area (TPSA) is 12.9 Å². The smallest absolute Gasteiger partial charge is 0.0702 e. The van der Waals surface area contributed by atoms with Crippen molar-refractivity contribution in [1.82, 2.24) is 4.98 Å². The number of hydrogen-bond donors (Lipinski definition) is 0. The Morgan fingerprint density at radius 1 is 0.533 bits per heavy atom. The van der Waals surface area contributed by atoms with Gasteiger partial charge in [0, 0.05) is 11.8 Å². The van der Waals surface area contributed by atoms with E-state index >= 15 is 0 Å². The quantitative estimate of drug-likeness (QED) is 0.281. The lowest BCUT2D eigenvalue weighted by Gasteiger charge is -2.07. The Balaban J connectivity index is 1.43. The van der Waals surface area contributed by atoms with Crippen LogP contribution in [-0.4, -0.2) is 4.98 Å². The highest BCUT2D eigenvalue weighted by molar-refractivity contribution is 5.59. The minimum atomic E-state index is 1.03. The molecule has 0 amide bonds. The Morgan fingerprint density at radius 3 is 1.63 bits per heavy atom. The Bertz CT molecular complexity index is 844. The molecule has 1 heterocycles. The van der Waals surface area contributed by atoms with Gasteiger partial charge in [-0.25, -0.2) is 0 Å². The summed E-state index contributed by atoms with van der Waals surface area (Å²) in [6, 6.07) is 22.5. The summed E-state index contributed by atoms with van der Waals surface area (Å²) in [5, 5.41) is 0. The summed E-state index contributed by atoms with van der Waals surface area (Å²) in [4.78, 5) is 4.59. The zero-order valence-electron chi connectivity index (χ0n) is 18.9. The third kappa shape index (κ3) is 7.13. The number of unbranched alkanes of at least 4 members (excludes halogenated alkanes) is 5. The molecule has 0 bridgehead atoms. The second-order valence-corrected chi connectivity index (χ2v) is 8.44. The summed E-state index contributed by atoms with van der Waals surface area (Å²) in [5.74, 6) is 0. The number of aryl methyl sites for hydroxylation is 4. The van der Waals surface area contributed by atoms with Crippen LogP contribution >= 0.6 is 0 Å². The average molecular weight is 400 g/mol. The molecular formula is C29H37N. The van der Waals surface area contributed by atoms with Crippen LogP contribution in [0.15, 0.2) is 66.9 Å².